The van der Waals surface area contributed by atoms with E-state index in [4.69, 9.17) is 8.23 Å². The minimum atomic E-state index is -1.68. The number of fused-ring (bicyclic) bond motifs is 2. The molecule has 0 saturated carbocycles. The Morgan fingerprint density at radius 1 is 0.381 bits per heavy atom. The molecular weight excluding hydrogens is 373 g/mol. The molecule has 2 fully saturated rings. The van der Waals surface area contributed by atoms with Crippen molar-refractivity contribution in [1.29, 1.82) is 0 Å². The molecule has 0 aromatic rings. The van der Waals surface area contributed by atoms with Crippen LogP contribution in [0.1, 0.15) is 0 Å². The molecule has 0 spiro atoms. The molecule has 2 heterocycles. The summed E-state index contributed by atoms with van der Waals surface area (Å²) in [4.78, 5) is 0. The predicted octanol–water partition coefficient (Wildman–Crippen LogP) is 4.20. The van der Waals surface area contributed by atoms with Gasteiger partial charge in [0.05, 0.1) is 14.2 Å². The molecule has 2 aliphatic rings. The van der Waals surface area contributed by atoms with Crippen molar-refractivity contribution in [2.75, 3.05) is 0 Å². The molecule has 0 aromatic heterocycles. The minimum Gasteiger partial charge on any atom is -0.460 e. The molecule has 0 N–H and O–H groups in total. The maximum absolute atomic E-state index is 7.53. The van der Waals surface area contributed by atoms with Gasteiger partial charge in [0.2, 0.25) is 0 Å². The molecular formula is C12H36O2Si7. The molecule has 21 heavy (non-hydrogen) atoms. The topological polar surface area (TPSA) is 18.5 Å². The van der Waals surface area contributed by atoms with Crippen molar-refractivity contribution in [1.82, 2.24) is 0 Å². The molecule has 2 saturated heterocycles. The Bertz CT molecular complexity index is 448. The molecule has 0 aliphatic carbocycles. The van der Waals surface area contributed by atoms with Crippen molar-refractivity contribution in [2.45, 2.75) is 78.6 Å². The summed E-state index contributed by atoms with van der Waals surface area (Å²) < 4.78 is 14.7. The van der Waals surface area contributed by atoms with E-state index in [-0.39, 0.29) is 0 Å². The zero-order chi connectivity index (χ0) is 16.9. The average Bonchev–Trinajstić information content (AvgIpc) is 2.22. The fraction of sp³-hybridized carbons (Fsp3) is 1.00. The summed E-state index contributed by atoms with van der Waals surface area (Å²) in [6, 6.07) is 0. The largest absolute Gasteiger partial charge is 0.460 e. The number of hydrogen-bond donors (Lipinski definition) is 0. The smallest absolute Gasteiger partial charge is 0.187 e. The summed E-state index contributed by atoms with van der Waals surface area (Å²) >= 11 is 0. The quantitative estimate of drug-likeness (QED) is 0.559. The van der Waals surface area contributed by atoms with Crippen LogP contribution in [0.25, 0.3) is 0 Å². The Kier molecular flexibility index (Phi) is 3.88. The zero-order valence-corrected chi connectivity index (χ0v) is 23.3. The van der Waals surface area contributed by atoms with Crippen molar-refractivity contribution in [3.05, 3.63) is 0 Å². The maximum Gasteiger partial charge on any atom is 0.187 e. The summed E-state index contributed by atoms with van der Waals surface area (Å²) in [6.07, 6.45) is 0. The first kappa shape index (κ1) is 18.8. The van der Waals surface area contributed by atoms with Crippen LogP contribution in [-0.4, -0.2) is 51.7 Å². The van der Waals surface area contributed by atoms with E-state index in [0.717, 1.165) is 0 Å². The molecule has 2 atom stereocenters. The van der Waals surface area contributed by atoms with E-state index in [1.54, 1.807) is 0 Å². The van der Waals surface area contributed by atoms with Crippen molar-refractivity contribution in [2.24, 2.45) is 0 Å². The van der Waals surface area contributed by atoms with Gasteiger partial charge in [-0.2, -0.15) is 0 Å². The van der Waals surface area contributed by atoms with Gasteiger partial charge in [-0.15, -0.1) is 0 Å². The van der Waals surface area contributed by atoms with Crippen LogP contribution in [-0.2, 0) is 8.23 Å². The van der Waals surface area contributed by atoms with Crippen LogP contribution in [0.2, 0.25) is 78.6 Å². The second-order valence-electron chi connectivity index (χ2n) is 10.2. The normalized spacial score (nSPS) is 45.1. The van der Waals surface area contributed by atoms with Crippen LogP contribution < -0.4 is 0 Å². The minimum absolute atomic E-state index is 1.20. The Morgan fingerprint density at radius 2 is 0.667 bits per heavy atom. The van der Waals surface area contributed by atoms with Crippen LogP contribution in [0.5, 0.6) is 0 Å². The molecule has 0 aromatic carbocycles. The predicted molar refractivity (Wildman–Crippen MR) is 113 cm³/mol. The van der Waals surface area contributed by atoms with Crippen molar-refractivity contribution < 1.29 is 8.23 Å². The van der Waals surface area contributed by atoms with Gasteiger partial charge in [0, 0.05) is 7.11 Å². The number of hydrogen-bond acceptors (Lipinski definition) is 2. The Hall–Kier alpha value is 1.44. The SMILES string of the molecule is C[Si]1(C)O[Si](C)(C)[Si]2(C)O[Si]1(C)[Si](C)(C)[Si](C)(C)[Si]2(C)C. The van der Waals surface area contributed by atoms with Gasteiger partial charge in [-0.25, -0.2) is 0 Å². The summed E-state index contributed by atoms with van der Waals surface area (Å²) in [7, 11) is -10.6. The van der Waals surface area contributed by atoms with Gasteiger partial charge in [-0.3, -0.25) is 0 Å². The zero-order valence-electron chi connectivity index (χ0n) is 16.3. The van der Waals surface area contributed by atoms with Crippen LogP contribution >= 0.6 is 0 Å². The first-order valence-corrected chi connectivity index (χ1v) is 33.9. The summed E-state index contributed by atoms with van der Waals surface area (Å²) in [5, 5.41) is 0. The monoisotopic (exact) mass is 408 g/mol. The van der Waals surface area contributed by atoms with E-state index < -0.39 is 51.7 Å². The molecule has 2 rings (SSSR count). The second kappa shape index (κ2) is 4.34. The van der Waals surface area contributed by atoms with Crippen LogP contribution in [0.4, 0.5) is 0 Å². The van der Waals surface area contributed by atoms with E-state index in [1.165, 1.54) is 0 Å². The van der Waals surface area contributed by atoms with Crippen LogP contribution in [0.15, 0.2) is 0 Å². The highest BCUT2D eigenvalue weighted by Crippen LogP contribution is 2.55. The molecule has 2 aliphatic heterocycles. The van der Waals surface area contributed by atoms with E-state index in [0.29, 0.717) is 0 Å². The Labute approximate surface area is 138 Å². The van der Waals surface area contributed by atoms with Gasteiger partial charge in [0.15, 0.2) is 30.4 Å². The summed E-state index contributed by atoms with van der Waals surface area (Å²) in [5.41, 5.74) is 0. The van der Waals surface area contributed by atoms with Gasteiger partial charge < -0.3 is 8.23 Å². The lowest BCUT2D eigenvalue weighted by Crippen LogP contribution is -3.03. The fourth-order valence-corrected chi connectivity index (χ4v) is 217. The van der Waals surface area contributed by atoms with E-state index in [9.17, 15) is 0 Å². The van der Waals surface area contributed by atoms with E-state index >= 15 is 0 Å². The van der Waals surface area contributed by atoms with Gasteiger partial charge >= 0.3 is 0 Å². The average molecular weight is 409 g/mol. The molecule has 2 bridgehead atoms. The third kappa shape index (κ3) is 1.78. The van der Waals surface area contributed by atoms with E-state index in [1.807, 2.05) is 0 Å². The second-order valence-corrected chi connectivity index (χ2v) is 80.4. The van der Waals surface area contributed by atoms with Gasteiger partial charge in [0.1, 0.15) is 0 Å². The van der Waals surface area contributed by atoms with Gasteiger partial charge in [-0.05, 0) is 39.3 Å². The highest BCUT2D eigenvalue weighted by molar-refractivity contribution is 8.04. The molecule has 124 valence electrons. The fourth-order valence-electron chi connectivity index (χ4n) is 5.22. The van der Waals surface area contributed by atoms with Gasteiger partial charge in [0.25, 0.3) is 0 Å². The van der Waals surface area contributed by atoms with Crippen LogP contribution in [0, 0.1) is 0 Å². The third-order valence-corrected chi connectivity index (χ3v) is 146. The van der Waals surface area contributed by atoms with Crippen molar-refractivity contribution in [3.8, 4) is 0 Å². The highest BCUT2D eigenvalue weighted by atomic mass is 30.1. The first-order valence-electron chi connectivity index (χ1n) is 8.32. The van der Waals surface area contributed by atoms with E-state index in [2.05, 4.69) is 78.6 Å². The Balaban J connectivity index is 2.84. The molecule has 0 radical (unpaired) electrons. The highest BCUT2D eigenvalue weighted by Gasteiger charge is 2.83. The number of rotatable bonds is 0. The Morgan fingerprint density at radius 3 is 0.952 bits per heavy atom. The maximum atomic E-state index is 7.53. The van der Waals surface area contributed by atoms with Crippen molar-refractivity contribution in [3.63, 3.8) is 0 Å². The lowest BCUT2D eigenvalue weighted by molar-refractivity contribution is 0.503. The van der Waals surface area contributed by atoms with Crippen LogP contribution in [0.3, 0.4) is 0 Å². The van der Waals surface area contributed by atoms with Gasteiger partial charge in [-0.1, -0.05) is 39.3 Å². The lowest BCUT2D eigenvalue weighted by Gasteiger charge is -2.75. The molecule has 2 nitrogen and oxygen atoms in total. The molecule has 9 heteroatoms. The summed E-state index contributed by atoms with van der Waals surface area (Å²) in [6.45, 7) is 31.7. The van der Waals surface area contributed by atoms with Crippen molar-refractivity contribution >= 4 is 51.7 Å². The molecule has 0 amide bonds. The molecule has 2 unspecified atom stereocenters. The lowest BCUT2D eigenvalue weighted by atomic mass is 11.9. The first-order chi connectivity index (χ1) is 8.91. The summed E-state index contributed by atoms with van der Waals surface area (Å²) in [5.74, 6) is 0. The third-order valence-electron chi connectivity index (χ3n) is 8.73. The standard InChI is InChI=1S/C12H36O2Si7/c1-15(2)13-16(3,4)21(12)14-20(15,11)18(7,8)17(5,6)19(21,9)10/h1-12H3.